The Bertz CT molecular complexity index is 586. The molecule has 0 radical (unpaired) electrons. The lowest BCUT2D eigenvalue weighted by Crippen LogP contribution is -2.25. The minimum Gasteiger partial charge on any atom is -0.492 e. The zero-order valence-corrected chi connectivity index (χ0v) is 17.9. The largest absolute Gasteiger partial charge is 0.492 e. The van der Waals surface area contributed by atoms with Gasteiger partial charge in [-0.3, -0.25) is 0 Å². The minimum absolute atomic E-state index is 0.155. The van der Waals surface area contributed by atoms with E-state index in [-0.39, 0.29) is 10.8 Å². The summed E-state index contributed by atoms with van der Waals surface area (Å²) in [5.74, 6) is 3.27. The van der Waals surface area contributed by atoms with E-state index in [0.717, 1.165) is 36.2 Å². The first-order valence-corrected chi connectivity index (χ1v) is 11.6. The number of rotatable bonds is 7. The van der Waals surface area contributed by atoms with Gasteiger partial charge in [0.15, 0.2) is 0 Å². The molecule has 2 saturated carbocycles. The molecule has 1 aromatic rings. The Morgan fingerprint density at radius 2 is 1.59 bits per heavy atom. The molecule has 0 unspecified atom stereocenters. The fourth-order valence-electron chi connectivity index (χ4n) is 5.47. The molecule has 0 bridgehead atoms. The molecule has 2 aliphatic carbocycles. The lowest BCUT2D eigenvalue weighted by Gasteiger charge is -2.38. The van der Waals surface area contributed by atoms with Crippen molar-refractivity contribution in [3.05, 3.63) is 28.5 Å². The van der Waals surface area contributed by atoms with E-state index in [4.69, 9.17) is 16.3 Å². The third kappa shape index (κ3) is 5.19. The van der Waals surface area contributed by atoms with Gasteiger partial charge in [-0.2, -0.15) is 0 Å². The second-order valence-electron chi connectivity index (χ2n) is 8.75. The van der Waals surface area contributed by atoms with E-state index in [1.165, 1.54) is 57.8 Å². The van der Waals surface area contributed by atoms with E-state index in [2.05, 4.69) is 6.92 Å². The molecule has 0 N–H and O–H groups in total. The van der Waals surface area contributed by atoms with Crippen LogP contribution < -0.4 is 4.74 Å². The van der Waals surface area contributed by atoms with Gasteiger partial charge in [0, 0.05) is 0 Å². The van der Waals surface area contributed by atoms with Crippen molar-refractivity contribution < 1.29 is 9.13 Å². The van der Waals surface area contributed by atoms with Crippen LogP contribution in [0.3, 0.4) is 0 Å². The highest BCUT2D eigenvalue weighted by atomic mass is 35.5. The Labute approximate surface area is 170 Å². The molecule has 0 amide bonds. The van der Waals surface area contributed by atoms with Crippen molar-refractivity contribution >= 4 is 11.6 Å². The summed E-state index contributed by atoms with van der Waals surface area (Å²) in [5.41, 5.74) is 0.796. The number of benzene rings is 1. The quantitative estimate of drug-likeness (QED) is 0.453. The van der Waals surface area contributed by atoms with E-state index in [0.29, 0.717) is 18.3 Å². The summed E-state index contributed by atoms with van der Waals surface area (Å²) in [6.07, 6.45) is 14.6. The van der Waals surface area contributed by atoms with Gasteiger partial charge in [0.05, 0.1) is 6.61 Å². The van der Waals surface area contributed by atoms with E-state index in [1.807, 2.05) is 19.1 Å². The van der Waals surface area contributed by atoms with Crippen LogP contribution >= 0.6 is 11.6 Å². The maximum Gasteiger partial charge on any atom is 0.149 e. The zero-order valence-electron chi connectivity index (χ0n) is 17.1. The Hall–Kier alpha value is -0.760. The van der Waals surface area contributed by atoms with Crippen molar-refractivity contribution in [2.75, 3.05) is 6.61 Å². The summed E-state index contributed by atoms with van der Waals surface area (Å²) < 4.78 is 20.2. The molecule has 3 rings (SSSR count). The van der Waals surface area contributed by atoms with Crippen molar-refractivity contribution in [3.63, 3.8) is 0 Å². The molecule has 152 valence electrons. The summed E-state index contributed by atoms with van der Waals surface area (Å²) in [6, 6.07) is 3.74. The Balaban J connectivity index is 1.52. The highest BCUT2D eigenvalue weighted by Crippen LogP contribution is 2.46. The van der Waals surface area contributed by atoms with Crippen LogP contribution in [0, 0.1) is 23.6 Å². The van der Waals surface area contributed by atoms with Crippen molar-refractivity contribution in [1.82, 2.24) is 0 Å². The van der Waals surface area contributed by atoms with Crippen LogP contribution in [0.25, 0.3) is 0 Å². The smallest absolute Gasteiger partial charge is 0.149 e. The summed E-state index contributed by atoms with van der Waals surface area (Å²) in [7, 11) is 0. The average Bonchev–Trinajstić information content (AvgIpc) is 2.71. The second kappa shape index (κ2) is 10.1. The number of ether oxygens (including phenoxy) is 1. The summed E-state index contributed by atoms with van der Waals surface area (Å²) in [6.45, 7) is 4.69. The van der Waals surface area contributed by atoms with Gasteiger partial charge in [-0.15, -0.1) is 0 Å². The third-order valence-corrected chi connectivity index (χ3v) is 7.46. The predicted octanol–water partition coefficient (Wildman–Crippen LogP) is 8.15. The van der Waals surface area contributed by atoms with Gasteiger partial charge in [0.1, 0.15) is 16.6 Å². The monoisotopic (exact) mass is 394 g/mol. The van der Waals surface area contributed by atoms with E-state index < -0.39 is 0 Å². The molecular formula is C24H36ClFO. The molecule has 0 aliphatic heterocycles. The highest BCUT2D eigenvalue weighted by Gasteiger charge is 2.32. The third-order valence-electron chi connectivity index (χ3n) is 7.11. The number of hydrogen-bond acceptors (Lipinski definition) is 1. The molecule has 3 heteroatoms. The van der Waals surface area contributed by atoms with Crippen molar-refractivity contribution in [1.29, 1.82) is 0 Å². The zero-order chi connectivity index (χ0) is 19.2. The van der Waals surface area contributed by atoms with Crippen LogP contribution in [0.5, 0.6) is 5.75 Å². The molecule has 0 spiro atoms. The molecule has 0 aromatic heterocycles. The van der Waals surface area contributed by atoms with Crippen molar-refractivity contribution in [3.8, 4) is 5.75 Å². The van der Waals surface area contributed by atoms with E-state index in [1.54, 1.807) is 0 Å². The Morgan fingerprint density at radius 1 is 0.963 bits per heavy atom. The van der Waals surface area contributed by atoms with E-state index in [9.17, 15) is 4.39 Å². The van der Waals surface area contributed by atoms with Gasteiger partial charge in [-0.05, 0) is 80.8 Å². The van der Waals surface area contributed by atoms with Crippen molar-refractivity contribution in [2.45, 2.75) is 90.4 Å². The Morgan fingerprint density at radius 3 is 2.19 bits per heavy atom. The highest BCUT2D eigenvalue weighted by molar-refractivity contribution is 6.32. The number of unbranched alkanes of at least 4 members (excludes halogenated alkanes) is 1. The van der Waals surface area contributed by atoms with Crippen LogP contribution in [-0.2, 0) is 0 Å². The maximum atomic E-state index is 14.8. The summed E-state index contributed by atoms with van der Waals surface area (Å²) in [5, 5.41) is 0.155. The number of halogens is 2. The molecule has 0 heterocycles. The molecule has 0 saturated heterocycles. The molecule has 1 nitrogen and oxygen atoms in total. The van der Waals surface area contributed by atoms with Crippen LogP contribution in [0.15, 0.2) is 12.1 Å². The summed E-state index contributed by atoms with van der Waals surface area (Å²) >= 11 is 6.20. The molecule has 2 fully saturated rings. The van der Waals surface area contributed by atoms with Crippen LogP contribution in [0.2, 0.25) is 5.02 Å². The van der Waals surface area contributed by atoms with E-state index >= 15 is 0 Å². The average molecular weight is 395 g/mol. The van der Waals surface area contributed by atoms with Gasteiger partial charge in [-0.1, -0.05) is 56.7 Å². The standard InChI is InChI=1S/C24H36ClFO/c1-3-5-6-17-7-9-18(10-8-17)19-11-13-20(14-12-19)21-15-16-22(27-4-2)23(25)24(21)26/h15-20H,3-14H2,1-2H3. The topological polar surface area (TPSA) is 9.23 Å². The van der Waals surface area contributed by atoms with Crippen LogP contribution in [-0.4, -0.2) is 6.61 Å². The first-order valence-electron chi connectivity index (χ1n) is 11.2. The molecule has 1 aromatic carbocycles. The lowest BCUT2D eigenvalue weighted by molar-refractivity contribution is 0.155. The summed E-state index contributed by atoms with van der Waals surface area (Å²) in [4.78, 5) is 0. The van der Waals surface area contributed by atoms with Crippen LogP contribution in [0.1, 0.15) is 96.0 Å². The number of hydrogen-bond donors (Lipinski definition) is 0. The molecule has 2 aliphatic rings. The molecule has 0 atom stereocenters. The normalized spacial score (nSPS) is 28.9. The second-order valence-corrected chi connectivity index (χ2v) is 9.13. The van der Waals surface area contributed by atoms with Gasteiger partial charge in [-0.25, -0.2) is 4.39 Å². The molecule has 27 heavy (non-hydrogen) atoms. The SMILES string of the molecule is CCCCC1CCC(C2CCC(c3ccc(OCC)c(Cl)c3F)CC2)CC1. The predicted molar refractivity (Wildman–Crippen MR) is 112 cm³/mol. The first kappa shape index (κ1) is 21.0. The van der Waals surface area contributed by atoms with Crippen molar-refractivity contribution in [2.24, 2.45) is 17.8 Å². The lowest BCUT2D eigenvalue weighted by atomic mass is 9.68. The van der Waals surface area contributed by atoms with Gasteiger partial charge in [0.25, 0.3) is 0 Å². The fourth-order valence-corrected chi connectivity index (χ4v) is 5.70. The Kier molecular flexibility index (Phi) is 7.87. The van der Waals surface area contributed by atoms with Crippen LogP contribution in [0.4, 0.5) is 4.39 Å². The maximum absolute atomic E-state index is 14.8. The van der Waals surface area contributed by atoms with Gasteiger partial charge >= 0.3 is 0 Å². The molecular weight excluding hydrogens is 359 g/mol. The first-order chi connectivity index (χ1) is 13.1. The fraction of sp³-hybridized carbons (Fsp3) is 0.750. The minimum atomic E-state index is -0.262. The van der Waals surface area contributed by atoms with Gasteiger partial charge < -0.3 is 4.74 Å². The van der Waals surface area contributed by atoms with Gasteiger partial charge in [0.2, 0.25) is 0 Å².